The molecule has 29 heavy (non-hydrogen) atoms. The monoisotopic (exact) mass is 432 g/mol. The van der Waals surface area contributed by atoms with Crippen molar-refractivity contribution in [3.8, 4) is 0 Å². The van der Waals surface area contributed by atoms with E-state index in [-0.39, 0.29) is 5.90 Å². The largest absolute Gasteiger partial charge is 0.478 e. The number of hydrogen-bond donors (Lipinski definition) is 2. The van der Waals surface area contributed by atoms with Crippen molar-refractivity contribution in [1.82, 2.24) is 9.97 Å². The average molecular weight is 433 g/mol. The quantitative estimate of drug-likeness (QED) is 0.269. The molecule has 0 amide bonds. The number of rotatable bonds is 10. The summed E-state index contributed by atoms with van der Waals surface area (Å²) in [7, 11) is 0. The molecule has 5 nitrogen and oxygen atoms in total. The molecule has 0 unspecified atom stereocenters. The summed E-state index contributed by atoms with van der Waals surface area (Å²) >= 11 is 11.8. The number of ether oxygens (including phenoxy) is 1. The summed E-state index contributed by atoms with van der Waals surface area (Å²) in [4.78, 5) is 10.2. The molecular formula is C22H26Cl2N4O. The maximum Gasteiger partial charge on any atom is 0.213 e. The minimum Gasteiger partial charge on any atom is -0.478 e. The molecule has 0 saturated heterocycles. The second-order valence-electron chi connectivity index (χ2n) is 6.71. The first-order valence-corrected chi connectivity index (χ1v) is 10.9. The van der Waals surface area contributed by atoms with Crippen molar-refractivity contribution >= 4 is 45.8 Å². The summed E-state index contributed by atoms with van der Waals surface area (Å²) < 4.78 is 5.28. The number of nitrogens with zero attached hydrogens (tertiary/aromatic N) is 2. The van der Waals surface area contributed by atoms with Crippen LogP contribution in [-0.4, -0.2) is 47.3 Å². The number of H-pyrrole nitrogens is 1. The van der Waals surface area contributed by atoms with Crippen LogP contribution >= 0.6 is 23.2 Å². The molecule has 0 fully saturated rings. The van der Waals surface area contributed by atoms with Gasteiger partial charge in [-0.15, -0.1) is 23.2 Å². The summed E-state index contributed by atoms with van der Waals surface area (Å²) in [5, 5.41) is 7.93. The third-order valence-corrected chi connectivity index (χ3v) is 5.08. The molecular weight excluding hydrogens is 407 g/mol. The Hall–Kier alpha value is -2.24. The molecule has 1 heterocycles. The fourth-order valence-corrected chi connectivity index (χ4v) is 3.67. The second-order valence-corrected chi connectivity index (χ2v) is 7.46. The number of alkyl halides is 2. The van der Waals surface area contributed by atoms with Crippen molar-refractivity contribution < 1.29 is 4.74 Å². The number of aryl methyl sites for hydroxylation is 2. The molecule has 0 aliphatic heterocycles. The number of nitrogens with one attached hydrogen (secondary N) is 2. The topological polar surface area (TPSA) is 65.0 Å². The van der Waals surface area contributed by atoms with Gasteiger partial charge >= 0.3 is 0 Å². The van der Waals surface area contributed by atoms with Crippen LogP contribution in [0.25, 0.3) is 11.0 Å². The average Bonchev–Trinajstić information content (AvgIpc) is 3.15. The fourth-order valence-electron chi connectivity index (χ4n) is 3.26. The summed E-state index contributed by atoms with van der Waals surface area (Å²) in [6, 6.07) is 14.3. The zero-order valence-electron chi connectivity index (χ0n) is 16.5. The van der Waals surface area contributed by atoms with Crippen LogP contribution in [0.3, 0.4) is 0 Å². The number of anilines is 1. The Morgan fingerprint density at radius 1 is 1.07 bits per heavy atom. The van der Waals surface area contributed by atoms with E-state index in [1.807, 2.05) is 25.1 Å². The van der Waals surface area contributed by atoms with E-state index in [0.29, 0.717) is 18.4 Å². The Bertz CT molecular complexity index is 934. The molecule has 0 bridgehead atoms. The number of imidazole rings is 1. The van der Waals surface area contributed by atoms with E-state index in [2.05, 4.69) is 39.1 Å². The van der Waals surface area contributed by atoms with Gasteiger partial charge in [-0.2, -0.15) is 0 Å². The number of halogens is 2. The summed E-state index contributed by atoms with van der Waals surface area (Å²) in [6.45, 7) is 3.94. The molecule has 154 valence electrons. The molecule has 2 aromatic carbocycles. The van der Waals surface area contributed by atoms with Crippen molar-refractivity contribution in [1.29, 1.82) is 5.41 Å². The van der Waals surface area contributed by atoms with E-state index < -0.39 is 0 Å². The summed E-state index contributed by atoms with van der Waals surface area (Å²) in [5.41, 5.74) is 4.98. The second kappa shape index (κ2) is 10.5. The van der Waals surface area contributed by atoms with Crippen LogP contribution in [0.15, 0.2) is 42.5 Å². The van der Waals surface area contributed by atoms with E-state index in [0.717, 1.165) is 54.0 Å². The highest BCUT2D eigenvalue weighted by Gasteiger charge is 2.09. The Morgan fingerprint density at radius 2 is 1.79 bits per heavy atom. The predicted octanol–water partition coefficient (Wildman–Crippen LogP) is 4.99. The van der Waals surface area contributed by atoms with Crippen LogP contribution in [0.4, 0.5) is 5.69 Å². The molecule has 1 aromatic heterocycles. The molecule has 2 N–H and O–H groups in total. The number of hydrogen-bond acceptors (Lipinski definition) is 4. The Kier molecular flexibility index (Phi) is 7.78. The Labute approximate surface area is 181 Å². The SMILES string of the molecule is CCOC(=N)c1ccc2nc(CCc3ccc(N(CCCl)CCCl)cc3)[nH]c2c1. The van der Waals surface area contributed by atoms with Gasteiger partial charge in [-0.25, -0.2) is 4.98 Å². The van der Waals surface area contributed by atoms with Gasteiger partial charge in [0.1, 0.15) is 5.82 Å². The van der Waals surface area contributed by atoms with E-state index in [1.54, 1.807) is 0 Å². The van der Waals surface area contributed by atoms with E-state index in [1.165, 1.54) is 5.56 Å². The summed E-state index contributed by atoms with van der Waals surface area (Å²) in [5.74, 6) is 2.28. The maximum absolute atomic E-state index is 7.93. The first-order valence-electron chi connectivity index (χ1n) is 9.80. The van der Waals surface area contributed by atoms with Crippen LogP contribution in [0, 0.1) is 5.41 Å². The first kappa shape index (κ1) is 21.5. The smallest absolute Gasteiger partial charge is 0.213 e. The van der Waals surface area contributed by atoms with E-state index >= 15 is 0 Å². The number of aromatic amines is 1. The van der Waals surface area contributed by atoms with Crippen molar-refractivity contribution in [3.63, 3.8) is 0 Å². The zero-order valence-corrected chi connectivity index (χ0v) is 18.1. The third kappa shape index (κ3) is 5.64. The van der Waals surface area contributed by atoms with Crippen LogP contribution in [-0.2, 0) is 17.6 Å². The van der Waals surface area contributed by atoms with Crippen LogP contribution in [0.2, 0.25) is 0 Å². The maximum atomic E-state index is 7.93. The van der Waals surface area contributed by atoms with Crippen LogP contribution in [0.5, 0.6) is 0 Å². The number of aromatic nitrogens is 2. The standard InChI is InChI=1S/C22H26Cl2N4O/c1-2-29-22(25)17-6-9-19-20(15-17)27-21(26-19)10-5-16-3-7-18(8-4-16)28(13-11-23)14-12-24/h3-4,6-9,15,25H,2,5,10-14H2,1H3,(H,26,27). The van der Waals surface area contributed by atoms with Crippen LogP contribution < -0.4 is 4.90 Å². The molecule has 0 aliphatic carbocycles. The van der Waals surface area contributed by atoms with E-state index in [9.17, 15) is 0 Å². The van der Waals surface area contributed by atoms with Gasteiger partial charge in [-0.1, -0.05) is 12.1 Å². The molecule has 0 saturated carbocycles. The number of benzene rings is 2. The first-order chi connectivity index (χ1) is 14.1. The lowest BCUT2D eigenvalue weighted by Gasteiger charge is -2.23. The van der Waals surface area contributed by atoms with Crippen molar-refractivity contribution in [3.05, 3.63) is 59.4 Å². The molecule has 0 radical (unpaired) electrons. The normalized spacial score (nSPS) is 11.0. The van der Waals surface area contributed by atoms with Gasteiger partial charge in [0, 0.05) is 42.5 Å². The third-order valence-electron chi connectivity index (χ3n) is 4.74. The molecule has 0 aliphatic rings. The minimum atomic E-state index is 0.183. The van der Waals surface area contributed by atoms with Crippen LogP contribution in [0.1, 0.15) is 23.9 Å². The van der Waals surface area contributed by atoms with Crippen molar-refractivity contribution in [2.24, 2.45) is 0 Å². The van der Waals surface area contributed by atoms with Gasteiger partial charge in [-0.05, 0) is 49.2 Å². The predicted molar refractivity (Wildman–Crippen MR) is 122 cm³/mol. The van der Waals surface area contributed by atoms with Gasteiger partial charge in [-0.3, -0.25) is 5.41 Å². The van der Waals surface area contributed by atoms with Gasteiger partial charge < -0.3 is 14.6 Å². The molecule has 0 atom stereocenters. The molecule has 7 heteroatoms. The zero-order chi connectivity index (χ0) is 20.6. The van der Waals surface area contributed by atoms with Crippen molar-refractivity contribution in [2.75, 3.05) is 36.4 Å². The lowest BCUT2D eigenvalue weighted by Crippen LogP contribution is -2.27. The molecule has 3 aromatic rings. The number of fused-ring (bicyclic) bond motifs is 1. The van der Waals surface area contributed by atoms with Crippen molar-refractivity contribution in [2.45, 2.75) is 19.8 Å². The highest BCUT2D eigenvalue weighted by molar-refractivity contribution is 6.18. The van der Waals surface area contributed by atoms with Gasteiger partial charge in [0.15, 0.2) is 0 Å². The highest BCUT2D eigenvalue weighted by atomic mass is 35.5. The molecule has 3 rings (SSSR count). The van der Waals surface area contributed by atoms with Gasteiger partial charge in [0.2, 0.25) is 5.90 Å². The fraction of sp³-hybridized carbons (Fsp3) is 0.364. The van der Waals surface area contributed by atoms with E-state index in [4.69, 9.17) is 33.3 Å². The van der Waals surface area contributed by atoms with Gasteiger partial charge in [0.25, 0.3) is 0 Å². The lowest BCUT2D eigenvalue weighted by atomic mass is 10.1. The lowest BCUT2D eigenvalue weighted by molar-refractivity contribution is 0.325. The highest BCUT2D eigenvalue weighted by Crippen LogP contribution is 2.18. The Balaban J connectivity index is 1.64. The molecule has 0 spiro atoms. The van der Waals surface area contributed by atoms with Gasteiger partial charge in [0.05, 0.1) is 17.6 Å². The summed E-state index contributed by atoms with van der Waals surface area (Å²) in [6.07, 6.45) is 1.71. The minimum absolute atomic E-state index is 0.183. The Morgan fingerprint density at radius 3 is 2.45 bits per heavy atom.